The molecule has 0 unspecified atom stereocenters. The topological polar surface area (TPSA) is 78.9 Å². The van der Waals surface area contributed by atoms with Gasteiger partial charge in [0.1, 0.15) is 28.0 Å². The van der Waals surface area contributed by atoms with E-state index in [-0.39, 0.29) is 12.5 Å². The number of hydrogen-bond donors (Lipinski definition) is 1. The molecule has 7 nitrogen and oxygen atoms in total. The summed E-state index contributed by atoms with van der Waals surface area (Å²) < 4.78 is 21.8. The van der Waals surface area contributed by atoms with Gasteiger partial charge in [0.2, 0.25) is 0 Å². The van der Waals surface area contributed by atoms with Crippen molar-refractivity contribution in [1.29, 1.82) is 0 Å². The largest absolute Gasteiger partial charge is 0.496 e. The highest BCUT2D eigenvalue weighted by atomic mass is 32.1. The Kier molecular flexibility index (Phi) is 7.36. The number of thiazole rings is 1. The van der Waals surface area contributed by atoms with Crippen LogP contribution in [-0.2, 0) is 13.2 Å². The SMILES string of the molecule is COc1cc(OC)c(OC)cc1CNC(=O)c1sc(COc2ccc(C)cc2)nc1C. The zero-order chi connectivity index (χ0) is 22.4. The molecule has 0 fully saturated rings. The minimum atomic E-state index is -0.201. The van der Waals surface area contributed by atoms with Crippen LogP contribution >= 0.6 is 11.3 Å². The van der Waals surface area contributed by atoms with Gasteiger partial charge in [-0.1, -0.05) is 17.7 Å². The van der Waals surface area contributed by atoms with E-state index in [1.54, 1.807) is 33.5 Å². The number of rotatable bonds is 9. The minimum Gasteiger partial charge on any atom is -0.496 e. The maximum Gasteiger partial charge on any atom is 0.263 e. The fourth-order valence-corrected chi connectivity index (χ4v) is 3.88. The number of nitrogens with zero attached hydrogens (tertiary/aromatic N) is 1. The van der Waals surface area contributed by atoms with Crippen molar-refractivity contribution < 1.29 is 23.7 Å². The Morgan fingerprint density at radius 2 is 1.61 bits per heavy atom. The molecule has 2 aromatic carbocycles. The molecule has 0 radical (unpaired) electrons. The molecule has 8 heteroatoms. The van der Waals surface area contributed by atoms with Gasteiger partial charge in [-0.25, -0.2) is 4.98 Å². The summed E-state index contributed by atoms with van der Waals surface area (Å²) in [4.78, 5) is 17.8. The molecule has 1 amide bonds. The number of ether oxygens (including phenoxy) is 4. The molecule has 3 aromatic rings. The second-order valence-corrected chi connectivity index (χ2v) is 7.91. The molecule has 1 heterocycles. The maximum absolute atomic E-state index is 12.8. The average molecular weight is 443 g/mol. The first-order valence-corrected chi connectivity index (χ1v) is 10.5. The van der Waals surface area contributed by atoms with Crippen molar-refractivity contribution in [3.63, 3.8) is 0 Å². The summed E-state index contributed by atoms with van der Waals surface area (Å²) in [7, 11) is 4.69. The smallest absolute Gasteiger partial charge is 0.263 e. The number of amides is 1. The number of carbonyl (C=O) groups excluding carboxylic acids is 1. The van der Waals surface area contributed by atoms with Crippen molar-refractivity contribution in [1.82, 2.24) is 10.3 Å². The van der Waals surface area contributed by atoms with Crippen molar-refractivity contribution in [3.05, 3.63) is 63.1 Å². The first kappa shape index (κ1) is 22.4. The van der Waals surface area contributed by atoms with Gasteiger partial charge in [0.25, 0.3) is 5.91 Å². The van der Waals surface area contributed by atoms with Crippen LogP contribution in [0.5, 0.6) is 23.0 Å². The Bertz CT molecular complexity index is 1050. The van der Waals surface area contributed by atoms with Crippen molar-refractivity contribution in [2.75, 3.05) is 21.3 Å². The van der Waals surface area contributed by atoms with Crippen LogP contribution in [-0.4, -0.2) is 32.2 Å². The summed E-state index contributed by atoms with van der Waals surface area (Å²) in [6, 6.07) is 11.3. The van der Waals surface area contributed by atoms with Gasteiger partial charge in [-0.15, -0.1) is 11.3 Å². The second-order valence-electron chi connectivity index (χ2n) is 6.83. The van der Waals surface area contributed by atoms with Crippen LogP contribution in [0, 0.1) is 13.8 Å². The van der Waals surface area contributed by atoms with Crippen LogP contribution in [0.2, 0.25) is 0 Å². The molecule has 31 heavy (non-hydrogen) atoms. The van der Waals surface area contributed by atoms with E-state index in [0.29, 0.717) is 34.4 Å². The summed E-state index contributed by atoms with van der Waals surface area (Å²) in [6.45, 7) is 4.43. The molecular formula is C23H26N2O5S. The van der Waals surface area contributed by atoms with Gasteiger partial charge in [-0.2, -0.15) is 0 Å². The Morgan fingerprint density at radius 3 is 2.26 bits per heavy atom. The molecule has 0 spiro atoms. The number of benzene rings is 2. The fourth-order valence-electron chi connectivity index (χ4n) is 2.99. The van der Waals surface area contributed by atoms with Gasteiger partial charge >= 0.3 is 0 Å². The highest BCUT2D eigenvalue weighted by Crippen LogP contribution is 2.34. The number of nitrogens with one attached hydrogen (secondary N) is 1. The molecule has 0 aliphatic carbocycles. The van der Waals surface area contributed by atoms with Crippen LogP contribution in [0.3, 0.4) is 0 Å². The third-order valence-corrected chi connectivity index (χ3v) is 5.79. The summed E-state index contributed by atoms with van der Waals surface area (Å²) in [5.41, 5.74) is 2.62. The molecule has 0 aliphatic rings. The summed E-state index contributed by atoms with van der Waals surface area (Å²) >= 11 is 1.32. The van der Waals surface area contributed by atoms with E-state index in [9.17, 15) is 4.79 Å². The summed E-state index contributed by atoms with van der Waals surface area (Å²) in [5, 5.41) is 3.67. The Balaban J connectivity index is 1.66. The molecule has 1 aromatic heterocycles. The van der Waals surface area contributed by atoms with Gasteiger partial charge in [-0.05, 0) is 32.0 Å². The van der Waals surface area contributed by atoms with Crippen LogP contribution in [0.15, 0.2) is 36.4 Å². The van der Waals surface area contributed by atoms with Gasteiger partial charge in [0, 0.05) is 18.2 Å². The number of hydrogen-bond acceptors (Lipinski definition) is 7. The zero-order valence-electron chi connectivity index (χ0n) is 18.3. The van der Waals surface area contributed by atoms with E-state index in [0.717, 1.165) is 16.3 Å². The van der Waals surface area contributed by atoms with Gasteiger partial charge in [0.15, 0.2) is 11.5 Å². The highest BCUT2D eigenvalue weighted by Gasteiger charge is 2.17. The first-order valence-electron chi connectivity index (χ1n) is 9.68. The second kappa shape index (κ2) is 10.2. The normalized spacial score (nSPS) is 10.5. The Hall–Kier alpha value is -3.26. The maximum atomic E-state index is 12.8. The van der Waals surface area contributed by atoms with E-state index in [1.807, 2.05) is 38.1 Å². The number of carbonyl (C=O) groups is 1. The van der Waals surface area contributed by atoms with Crippen LogP contribution < -0.4 is 24.3 Å². The van der Waals surface area contributed by atoms with Crippen molar-refractivity contribution in [2.45, 2.75) is 27.0 Å². The van der Waals surface area contributed by atoms with E-state index < -0.39 is 0 Å². The predicted molar refractivity (Wildman–Crippen MR) is 120 cm³/mol. The molecule has 164 valence electrons. The lowest BCUT2D eigenvalue weighted by Gasteiger charge is -2.14. The lowest BCUT2D eigenvalue weighted by atomic mass is 10.1. The number of methoxy groups -OCH3 is 3. The Morgan fingerprint density at radius 1 is 0.968 bits per heavy atom. The van der Waals surface area contributed by atoms with E-state index in [2.05, 4.69) is 10.3 Å². The summed E-state index contributed by atoms with van der Waals surface area (Å²) in [5.74, 6) is 2.30. The van der Waals surface area contributed by atoms with Crippen molar-refractivity contribution in [2.24, 2.45) is 0 Å². The molecule has 0 saturated heterocycles. The number of aromatic nitrogens is 1. The molecule has 3 rings (SSSR count). The van der Waals surface area contributed by atoms with E-state index in [4.69, 9.17) is 18.9 Å². The van der Waals surface area contributed by atoms with Crippen molar-refractivity contribution in [3.8, 4) is 23.0 Å². The van der Waals surface area contributed by atoms with Gasteiger partial charge < -0.3 is 24.3 Å². The highest BCUT2D eigenvalue weighted by molar-refractivity contribution is 7.13. The zero-order valence-corrected chi connectivity index (χ0v) is 19.1. The Labute approximate surface area is 185 Å². The molecule has 0 saturated carbocycles. The van der Waals surface area contributed by atoms with Gasteiger partial charge in [0.05, 0.1) is 27.0 Å². The van der Waals surface area contributed by atoms with Crippen LogP contribution in [0.1, 0.15) is 31.5 Å². The standard InChI is InChI=1S/C23H26N2O5S/c1-14-6-8-17(9-7-14)30-13-21-25-15(2)22(31-21)23(26)24-12-16-10-19(28-4)20(29-5)11-18(16)27-3/h6-11H,12-13H2,1-5H3,(H,24,26). The summed E-state index contributed by atoms with van der Waals surface area (Å²) in [6.07, 6.45) is 0. The third-order valence-electron chi connectivity index (χ3n) is 4.66. The van der Waals surface area contributed by atoms with Crippen LogP contribution in [0.25, 0.3) is 0 Å². The molecule has 0 aliphatic heterocycles. The van der Waals surface area contributed by atoms with Gasteiger partial charge in [-0.3, -0.25) is 4.79 Å². The monoisotopic (exact) mass is 442 g/mol. The minimum absolute atomic E-state index is 0.201. The first-order chi connectivity index (χ1) is 14.9. The average Bonchev–Trinajstić information content (AvgIpc) is 3.16. The molecule has 0 bridgehead atoms. The lowest BCUT2D eigenvalue weighted by molar-refractivity contribution is 0.0954. The van der Waals surface area contributed by atoms with E-state index >= 15 is 0 Å². The lowest BCUT2D eigenvalue weighted by Crippen LogP contribution is -2.23. The molecule has 0 atom stereocenters. The predicted octanol–water partition coefficient (Wildman–Crippen LogP) is 4.29. The van der Waals surface area contributed by atoms with E-state index in [1.165, 1.54) is 16.9 Å². The third kappa shape index (κ3) is 5.46. The van der Waals surface area contributed by atoms with Crippen molar-refractivity contribution >= 4 is 17.2 Å². The molecule has 1 N–H and O–H groups in total. The van der Waals surface area contributed by atoms with Crippen LogP contribution in [0.4, 0.5) is 0 Å². The quantitative estimate of drug-likeness (QED) is 0.532. The fraction of sp³-hybridized carbons (Fsp3) is 0.304. The molecular weight excluding hydrogens is 416 g/mol. The number of aryl methyl sites for hydroxylation is 2.